The van der Waals surface area contributed by atoms with Crippen LogP contribution in [0.25, 0.3) is 0 Å². The standard InChI is InChI=1S/C17H19N3O/c1-2-3-10-17(18-19-17)11-8-16(21)20-12-9-14-6-4-5-7-15(14)13-20/h1,4-7H,3,8-13H2. The predicted molar refractivity (Wildman–Crippen MR) is 80.5 cm³/mol. The Morgan fingerprint density at radius 2 is 2.05 bits per heavy atom. The van der Waals surface area contributed by atoms with Crippen LogP contribution in [0.2, 0.25) is 0 Å². The highest BCUT2D eigenvalue weighted by atomic mass is 16.2. The number of carbonyl (C=O) groups is 1. The Hall–Kier alpha value is -2.15. The first-order chi connectivity index (χ1) is 10.2. The van der Waals surface area contributed by atoms with Gasteiger partial charge in [-0.15, -0.1) is 12.3 Å². The number of terminal acetylenes is 1. The largest absolute Gasteiger partial charge is 0.338 e. The van der Waals surface area contributed by atoms with E-state index in [1.165, 1.54) is 11.1 Å². The second-order valence-corrected chi connectivity index (χ2v) is 5.72. The Labute approximate surface area is 125 Å². The number of hydrogen-bond acceptors (Lipinski definition) is 3. The molecule has 0 unspecified atom stereocenters. The van der Waals surface area contributed by atoms with E-state index in [4.69, 9.17) is 6.42 Å². The van der Waals surface area contributed by atoms with E-state index in [0.717, 1.165) is 25.9 Å². The van der Waals surface area contributed by atoms with Gasteiger partial charge in [-0.3, -0.25) is 4.79 Å². The lowest BCUT2D eigenvalue weighted by Gasteiger charge is -2.29. The number of amides is 1. The van der Waals surface area contributed by atoms with Crippen molar-refractivity contribution in [2.24, 2.45) is 10.2 Å². The second-order valence-electron chi connectivity index (χ2n) is 5.72. The van der Waals surface area contributed by atoms with E-state index in [1.54, 1.807) is 0 Å². The lowest BCUT2D eigenvalue weighted by atomic mass is 9.98. The highest BCUT2D eigenvalue weighted by Gasteiger charge is 2.39. The SMILES string of the molecule is C#CCCC1(CCC(=O)N2CCc3ccccc3C2)N=N1. The molecule has 0 radical (unpaired) electrons. The van der Waals surface area contributed by atoms with Crippen LogP contribution in [-0.4, -0.2) is 23.0 Å². The van der Waals surface area contributed by atoms with E-state index in [-0.39, 0.29) is 11.6 Å². The maximum absolute atomic E-state index is 12.4. The summed E-state index contributed by atoms with van der Waals surface area (Å²) in [6.45, 7) is 1.53. The fourth-order valence-corrected chi connectivity index (χ4v) is 2.84. The van der Waals surface area contributed by atoms with Gasteiger partial charge in [0.1, 0.15) is 0 Å². The molecule has 4 nitrogen and oxygen atoms in total. The van der Waals surface area contributed by atoms with Gasteiger partial charge in [0.25, 0.3) is 0 Å². The maximum Gasteiger partial charge on any atom is 0.223 e. The molecular weight excluding hydrogens is 262 g/mol. The third-order valence-electron chi connectivity index (χ3n) is 4.28. The van der Waals surface area contributed by atoms with E-state index >= 15 is 0 Å². The first kappa shape index (κ1) is 13.8. The van der Waals surface area contributed by atoms with Crippen molar-refractivity contribution >= 4 is 5.91 Å². The zero-order valence-corrected chi connectivity index (χ0v) is 12.1. The summed E-state index contributed by atoms with van der Waals surface area (Å²) in [6.07, 6.45) is 8.83. The molecular formula is C17H19N3O. The summed E-state index contributed by atoms with van der Waals surface area (Å²) in [6, 6.07) is 8.34. The van der Waals surface area contributed by atoms with Crippen molar-refractivity contribution in [2.45, 2.75) is 44.3 Å². The number of nitrogens with zero attached hydrogens (tertiary/aromatic N) is 3. The molecule has 3 rings (SSSR count). The summed E-state index contributed by atoms with van der Waals surface area (Å²) in [5.74, 6) is 2.81. The van der Waals surface area contributed by atoms with E-state index in [2.05, 4.69) is 34.3 Å². The van der Waals surface area contributed by atoms with Crippen LogP contribution in [0.4, 0.5) is 0 Å². The fraction of sp³-hybridized carbons (Fsp3) is 0.471. The van der Waals surface area contributed by atoms with Gasteiger partial charge >= 0.3 is 0 Å². The highest BCUT2D eigenvalue weighted by molar-refractivity contribution is 5.76. The third kappa shape index (κ3) is 3.13. The molecule has 1 amide bonds. The lowest BCUT2D eigenvalue weighted by Crippen LogP contribution is -2.36. The van der Waals surface area contributed by atoms with Gasteiger partial charge in [-0.2, -0.15) is 10.2 Å². The van der Waals surface area contributed by atoms with Crippen LogP contribution in [0.5, 0.6) is 0 Å². The van der Waals surface area contributed by atoms with Gasteiger partial charge in [0.15, 0.2) is 5.66 Å². The van der Waals surface area contributed by atoms with Crippen molar-refractivity contribution in [1.29, 1.82) is 0 Å². The van der Waals surface area contributed by atoms with Gasteiger partial charge in [-0.25, -0.2) is 0 Å². The molecule has 2 aliphatic rings. The predicted octanol–water partition coefficient (Wildman–Crippen LogP) is 2.93. The van der Waals surface area contributed by atoms with Crippen molar-refractivity contribution in [3.63, 3.8) is 0 Å². The van der Waals surface area contributed by atoms with Crippen molar-refractivity contribution < 1.29 is 4.79 Å². The van der Waals surface area contributed by atoms with Gasteiger partial charge in [-0.1, -0.05) is 24.3 Å². The van der Waals surface area contributed by atoms with Crippen LogP contribution in [0.1, 0.15) is 36.8 Å². The Kier molecular flexibility index (Phi) is 3.74. The van der Waals surface area contributed by atoms with Crippen molar-refractivity contribution in [1.82, 2.24) is 4.90 Å². The zero-order chi connectivity index (χ0) is 14.7. The molecule has 1 aromatic carbocycles. The topological polar surface area (TPSA) is 45.0 Å². The number of hydrogen-bond donors (Lipinski definition) is 0. The Morgan fingerprint density at radius 1 is 1.29 bits per heavy atom. The Morgan fingerprint density at radius 3 is 2.76 bits per heavy atom. The molecule has 0 N–H and O–H groups in total. The highest BCUT2D eigenvalue weighted by Crippen LogP contribution is 2.37. The minimum atomic E-state index is -0.351. The van der Waals surface area contributed by atoms with Crippen LogP contribution in [0, 0.1) is 12.3 Å². The molecule has 0 aliphatic carbocycles. The average molecular weight is 281 g/mol. The monoisotopic (exact) mass is 281 g/mol. The second kappa shape index (κ2) is 5.69. The smallest absolute Gasteiger partial charge is 0.223 e. The fourth-order valence-electron chi connectivity index (χ4n) is 2.84. The zero-order valence-electron chi connectivity index (χ0n) is 12.1. The molecule has 4 heteroatoms. The molecule has 2 heterocycles. The van der Waals surface area contributed by atoms with Crippen molar-refractivity contribution in [3.05, 3.63) is 35.4 Å². The van der Waals surface area contributed by atoms with Crippen LogP contribution in [0.3, 0.4) is 0 Å². The van der Waals surface area contributed by atoms with Crippen LogP contribution >= 0.6 is 0 Å². The summed E-state index contributed by atoms with van der Waals surface area (Å²) < 4.78 is 0. The quantitative estimate of drug-likeness (QED) is 0.765. The average Bonchev–Trinajstić information content (AvgIpc) is 3.30. The molecule has 108 valence electrons. The molecule has 1 aromatic rings. The lowest BCUT2D eigenvalue weighted by molar-refractivity contribution is -0.132. The van der Waals surface area contributed by atoms with E-state index < -0.39 is 0 Å². The van der Waals surface area contributed by atoms with Crippen LogP contribution in [0.15, 0.2) is 34.5 Å². The van der Waals surface area contributed by atoms with Gasteiger partial charge in [0, 0.05) is 38.8 Å². The Balaban J connectivity index is 1.52. The van der Waals surface area contributed by atoms with Crippen molar-refractivity contribution in [3.8, 4) is 12.3 Å². The molecule has 2 aliphatic heterocycles. The van der Waals surface area contributed by atoms with Gasteiger partial charge in [0.2, 0.25) is 5.91 Å². The molecule has 21 heavy (non-hydrogen) atoms. The van der Waals surface area contributed by atoms with E-state index in [0.29, 0.717) is 19.3 Å². The summed E-state index contributed by atoms with van der Waals surface area (Å²) in [7, 11) is 0. The number of carbonyl (C=O) groups excluding carboxylic acids is 1. The molecule has 0 aromatic heterocycles. The Bertz CT molecular complexity index is 609. The van der Waals surface area contributed by atoms with Gasteiger partial charge in [0.05, 0.1) is 0 Å². The molecule has 0 spiro atoms. The third-order valence-corrected chi connectivity index (χ3v) is 4.28. The number of benzene rings is 1. The summed E-state index contributed by atoms with van der Waals surface area (Å²) in [5.41, 5.74) is 2.27. The van der Waals surface area contributed by atoms with Gasteiger partial charge in [-0.05, 0) is 17.5 Å². The minimum absolute atomic E-state index is 0.196. The van der Waals surface area contributed by atoms with E-state index in [9.17, 15) is 4.79 Å². The molecule has 0 bridgehead atoms. The summed E-state index contributed by atoms with van der Waals surface area (Å²) >= 11 is 0. The number of fused-ring (bicyclic) bond motifs is 1. The van der Waals surface area contributed by atoms with Crippen LogP contribution in [-0.2, 0) is 17.8 Å². The maximum atomic E-state index is 12.4. The molecule has 0 saturated heterocycles. The molecule has 0 fully saturated rings. The van der Waals surface area contributed by atoms with Gasteiger partial charge < -0.3 is 4.90 Å². The van der Waals surface area contributed by atoms with Crippen LogP contribution < -0.4 is 0 Å². The van der Waals surface area contributed by atoms with Crippen molar-refractivity contribution in [2.75, 3.05) is 6.54 Å². The minimum Gasteiger partial charge on any atom is -0.338 e. The molecule has 0 atom stereocenters. The number of rotatable bonds is 5. The summed E-state index contributed by atoms with van der Waals surface area (Å²) in [4.78, 5) is 14.3. The molecule has 0 saturated carbocycles. The first-order valence-corrected chi connectivity index (χ1v) is 7.44. The normalized spacial score (nSPS) is 18.0. The first-order valence-electron chi connectivity index (χ1n) is 7.44. The summed E-state index contributed by atoms with van der Waals surface area (Å²) in [5, 5.41) is 8.17. The van der Waals surface area contributed by atoms with E-state index in [1.807, 2.05) is 11.0 Å².